The Balaban J connectivity index is 2.35. The predicted molar refractivity (Wildman–Crippen MR) is 152 cm³/mol. The summed E-state index contributed by atoms with van der Waals surface area (Å²) >= 11 is 0.822. The fourth-order valence-corrected chi connectivity index (χ4v) is 5.68. The number of thioether (sulfide) groups is 1. The number of aryl methyl sites for hydroxylation is 1. The van der Waals surface area contributed by atoms with Crippen LogP contribution in [0.4, 0.5) is 30.2 Å². The summed E-state index contributed by atoms with van der Waals surface area (Å²) in [4.78, 5) is 14.5. The van der Waals surface area contributed by atoms with Crippen molar-refractivity contribution in [1.82, 2.24) is 0 Å². The van der Waals surface area contributed by atoms with E-state index >= 15 is 0 Å². The van der Waals surface area contributed by atoms with Gasteiger partial charge in [0.25, 0.3) is 0 Å². The number of sulfonamides is 1. The molecule has 3 N–H and O–H groups in total. The Morgan fingerprint density at radius 2 is 1.87 bits per heavy atom. The topological polar surface area (TPSA) is 130 Å². The Morgan fingerprint density at radius 1 is 1.18 bits per heavy atom. The van der Waals surface area contributed by atoms with E-state index in [4.69, 9.17) is 5.84 Å². The van der Waals surface area contributed by atoms with Gasteiger partial charge in [0.1, 0.15) is 10.7 Å². The van der Waals surface area contributed by atoms with E-state index in [1.165, 1.54) is 6.07 Å². The number of fused-ring (bicyclic) bond motifs is 1. The molecule has 1 aromatic carbocycles. The van der Waals surface area contributed by atoms with Crippen molar-refractivity contribution in [2.45, 2.75) is 77.8 Å². The van der Waals surface area contributed by atoms with E-state index in [-0.39, 0.29) is 33.7 Å². The minimum Gasteiger partial charge on any atom is -0.371 e. The van der Waals surface area contributed by atoms with Gasteiger partial charge < -0.3 is 10.7 Å². The average Bonchev–Trinajstić information content (AvgIpc) is 2.84. The fourth-order valence-electron chi connectivity index (χ4n) is 4.10. The number of carbonyl (C=O) groups excluding carboxylic acids is 1. The number of hydrogen-bond acceptors (Lipinski definition) is 9. The lowest BCUT2D eigenvalue weighted by atomic mass is 9.99. The molecule has 1 aliphatic heterocycles. The summed E-state index contributed by atoms with van der Waals surface area (Å²) in [6.07, 6.45) is 2.44. The van der Waals surface area contributed by atoms with Gasteiger partial charge >= 0.3 is 6.18 Å². The number of hydrazone groups is 1. The van der Waals surface area contributed by atoms with Gasteiger partial charge in [0.15, 0.2) is 16.6 Å². The van der Waals surface area contributed by atoms with Crippen LogP contribution in [-0.4, -0.2) is 44.3 Å². The summed E-state index contributed by atoms with van der Waals surface area (Å²) in [5.74, 6) is 3.08. The first-order valence-corrected chi connectivity index (χ1v) is 15.4. The maximum Gasteiger partial charge on any atom is 0.404 e. The maximum atomic E-state index is 12.9. The number of Topliss-reactive ketones (excluding diaryl/α,β-unsaturated/α-hetero) is 1. The zero-order valence-electron chi connectivity index (χ0n) is 22.4. The highest BCUT2D eigenvalue weighted by Gasteiger charge is 2.35. The van der Waals surface area contributed by atoms with Crippen molar-refractivity contribution in [3.05, 3.63) is 29.3 Å². The molecule has 0 unspecified atom stereocenters. The van der Waals surface area contributed by atoms with E-state index < -0.39 is 22.0 Å². The van der Waals surface area contributed by atoms with E-state index in [9.17, 15) is 26.4 Å². The van der Waals surface area contributed by atoms with Crippen LogP contribution >= 0.6 is 11.8 Å². The van der Waals surface area contributed by atoms with Crippen molar-refractivity contribution in [3.8, 4) is 0 Å². The Bertz CT molecular complexity index is 1170. The zero-order chi connectivity index (χ0) is 29.1. The molecule has 39 heavy (non-hydrogen) atoms. The van der Waals surface area contributed by atoms with Crippen LogP contribution < -0.4 is 15.5 Å². The SMILES string of the molecule is C=C(N=Nc1cc2c(cc1NS(=O)(=O)CC(F)(F)F)N(CCCCC)CCC2)S/C(=N\N)C(=O)CCCCC. The number of carbonyl (C=O) groups is 1. The first-order valence-electron chi connectivity index (χ1n) is 13.0. The number of azo groups is 1. The van der Waals surface area contributed by atoms with E-state index in [2.05, 4.69) is 33.7 Å². The lowest BCUT2D eigenvalue weighted by Gasteiger charge is -2.32. The Labute approximate surface area is 232 Å². The monoisotopic (exact) mass is 590 g/mol. The lowest BCUT2D eigenvalue weighted by molar-refractivity contribution is -0.112. The summed E-state index contributed by atoms with van der Waals surface area (Å²) < 4.78 is 65.4. The highest BCUT2D eigenvalue weighted by molar-refractivity contribution is 8.18. The minimum absolute atomic E-state index is 0.00863. The molecule has 0 aliphatic carbocycles. The molecule has 0 fully saturated rings. The second-order valence-corrected chi connectivity index (χ2v) is 12.1. The highest BCUT2D eigenvalue weighted by atomic mass is 32.2. The molecule has 0 atom stereocenters. The number of nitrogens with two attached hydrogens (primary N) is 1. The standard InChI is InChI=1S/C25H37F3N6O3S2/c1-4-6-8-12-23(35)24(30-29)38-18(3)31-32-20-15-19-11-10-14-34(13-9-7-5-2)22(19)16-21(20)33-39(36,37)17-25(26,27)28/h15-16,33H,3-14,17,29H2,1-2H3/b30-24-,32-31?. The Kier molecular flexibility index (Phi) is 12.7. The van der Waals surface area contributed by atoms with Crippen molar-refractivity contribution >= 4 is 49.7 Å². The van der Waals surface area contributed by atoms with E-state index in [0.717, 1.165) is 74.6 Å². The molecule has 0 aromatic heterocycles. The molecule has 14 heteroatoms. The average molecular weight is 591 g/mol. The Hall–Kier alpha value is -2.61. The van der Waals surface area contributed by atoms with Gasteiger partial charge in [-0.1, -0.05) is 46.1 Å². The number of rotatable bonds is 15. The number of benzene rings is 1. The number of unbranched alkanes of at least 4 members (excludes halogenated alkanes) is 4. The Morgan fingerprint density at radius 3 is 2.51 bits per heavy atom. The van der Waals surface area contributed by atoms with Crippen molar-refractivity contribution in [3.63, 3.8) is 0 Å². The van der Waals surface area contributed by atoms with Gasteiger partial charge in [0.05, 0.1) is 5.69 Å². The first kappa shape index (κ1) is 32.6. The molecule has 218 valence electrons. The third kappa shape index (κ3) is 11.2. The molecular weight excluding hydrogens is 553 g/mol. The number of nitrogens with one attached hydrogen (secondary N) is 1. The molecule has 0 saturated heterocycles. The molecule has 0 spiro atoms. The smallest absolute Gasteiger partial charge is 0.371 e. The normalized spacial score (nSPS) is 14.5. The van der Waals surface area contributed by atoms with Crippen LogP contribution in [0.15, 0.2) is 39.1 Å². The molecule has 1 heterocycles. The van der Waals surface area contributed by atoms with E-state index in [1.807, 2.05) is 11.6 Å². The number of ketones is 1. The van der Waals surface area contributed by atoms with Crippen LogP contribution in [0.1, 0.15) is 70.8 Å². The first-order chi connectivity index (χ1) is 18.4. The quantitative estimate of drug-likeness (QED) is 0.0588. The van der Waals surface area contributed by atoms with Crippen LogP contribution in [0, 0.1) is 0 Å². The third-order valence-corrected chi connectivity index (χ3v) is 7.99. The van der Waals surface area contributed by atoms with E-state index in [1.54, 1.807) is 6.07 Å². The number of anilines is 2. The van der Waals surface area contributed by atoms with Crippen LogP contribution in [0.3, 0.4) is 0 Å². The van der Waals surface area contributed by atoms with Gasteiger partial charge in [-0.25, -0.2) is 8.42 Å². The van der Waals surface area contributed by atoms with Crippen LogP contribution in [-0.2, 0) is 21.2 Å². The van der Waals surface area contributed by atoms with Crippen molar-refractivity contribution in [1.29, 1.82) is 0 Å². The minimum atomic E-state index is -4.92. The zero-order valence-corrected chi connectivity index (χ0v) is 24.0. The van der Waals surface area contributed by atoms with Crippen molar-refractivity contribution in [2.75, 3.05) is 28.5 Å². The molecule has 0 amide bonds. The molecule has 9 nitrogen and oxygen atoms in total. The summed E-state index contributed by atoms with van der Waals surface area (Å²) in [6.45, 7) is 9.36. The predicted octanol–water partition coefficient (Wildman–Crippen LogP) is 6.64. The number of halogens is 3. The van der Waals surface area contributed by atoms with Crippen molar-refractivity contribution < 1.29 is 26.4 Å². The number of nitrogens with zero attached hydrogens (tertiary/aromatic N) is 4. The largest absolute Gasteiger partial charge is 0.404 e. The fraction of sp³-hybridized carbons (Fsp3) is 0.600. The second kappa shape index (κ2) is 15.2. The van der Waals surface area contributed by atoms with Gasteiger partial charge in [0, 0.05) is 25.2 Å². The number of alkyl halides is 3. The maximum absolute atomic E-state index is 12.9. The van der Waals surface area contributed by atoms with Crippen LogP contribution in [0.2, 0.25) is 0 Å². The molecule has 1 aromatic rings. The summed E-state index contributed by atoms with van der Waals surface area (Å²) in [5, 5.41) is 11.7. The molecule has 1 aliphatic rings. The van der Waals surface area contributed by atoms with Gasteiger partial charge in [-0.2, -0.15) is 18.3 Å². The second-order valence-electron chi connectivity index (χ2n) is 9.28. The highest BCUT2D eigenvalue weighted by Crippen LogP contribution is 2.38. The van der Waals surface area contributed by atoms with Gasteiger partial charge in [-0.3, -0.25) is 9.52 Å². The summed E-state index contributed by atoms with van der Waals surface area (Å²) in [7, 11) is -4.77. The molecule has 0 saturated carbocycles. The summed E-state index contributed by atoms with van der Waals surface area (Å²) in [6, 6.07) is 3.14. The van der Waals surface area contributed by atoms with Gasteiger partial charge in [-0.05, 0) is 55.1 Å². The molecular formula is C25H37F3N6O3S2. The molecule has 0 radical (unpaired) electrons. The van der Waals surface area contributed by atoms with Gasteiger partial charge in [0.2, 0.25) is 10.0 Å². The summed E-state index contributed by atoms with van der Waals surface area (Å²) in [5.41, 5.74) is 1.56. The number of hydrogen-bond donors (Lipinski definition) is 2. The lowest BCUT2D eigenvalue weighted by Crippen LogP contribution is -2.31. The van der Waals surface area contributed by atoms with E-state index in [0.29, 0.717) is 12.8 Å². The third-order valence-electron chi connectivity index (χ3n) is 5.91. The van der Waals surface area contributed by atoms with Crippen LogP contribution in [0.25, 0.3) is 0 Å². The van der Waals surface area contributed by atoms with Crippen molar-refractivity contribution in [2.24, 2.45) is 21.2 Å². The molecule has 0 bridgehead atoms. The molecule has 2 rings (SSSR count). The van der Waals surface area contributed by atoms with Crippen LogP contribution in [0.5, 0.6) is 0 Å². The van der Waals surface area contributed by atoms with Gasteiger partial charge in [-0.15, -0.1) is 10.2 Å².